The normalized spacial score (nSPS) is 18.0. The van der Waals surface area contributed by atoms with Gasteiger partial charge in [0, 0.05) is 0 Å². The molecule has 0 radical (unpaired) electrons. The van der Waals surface area contributed by atoms with Gasteiger partial charge in [0.1, 0.15) is 12.5 Å². The topological polar surface area (TPSA) is 84.0 Å². The van der Waals surface area contributed by atoms with Gasteiger partial charge < -0.3 is 4.74 Å². The van der Waals surface area contributed by atoms with Gasteiger partial charge in [0.15, 0.2) is 0 Å². The van der Waals surface area contributed by atoms with E-state index in [4.69, 9.17) is 4.74 Å². The fourth-order valence-corrected chi connectivity index (χ4v) is 3.48. The van der Waals surface area contributed by atoms with E-state index in [-0.39, 0.29) is 0 Å². The van der Waals surface area contributed by atoms with Crippen LogP contribution in [-0.2, 0) is 4.74 Å². The predicted octanol–water partition coefficient (Wildman–Crippen LogP) is 2.29. The van der Waals surface area contributed by atoms with Gasteiger partial charge in [-0.25, -0.2) is 9.80 Å². The lowest BCUT2D eigenvalue weighted by Gasteiger charge is -2.29. The van der Waals surface area contributed by atoms with Gasteiger partial charge in [-0.2, -0.15) is 0 Å². The van der Waals surface area contributed by atoms with Crippen LogP contribution in [0.1, 0.15) is 55.3 Å². The standard InChI is InChI=1S/C20H16N2O5/c1-11(21-17(23)13-7-3-4-8-14(13)18(21)24)27-12(2)22-19(25)15-9-5-6-10-16(15)20(22)26/h3-12H,1-2H3. The molecule has 2 aromatic carbocycles. The molecule has 0 saturated heterocycles. The largest absolute Gasteiger partial charge is 0.335 e. The van der Waals surface area contributed by atoms with Crippen LogP contribution >= 0.6 is 0 Å². The van der Waals surface area contributed by atoms with Crippen LogP contribution < -0.4 is 0 Å². The van der Waals surface area contributed by atoms with Crippen molar-refractivity contribution in [2.75, 3.05) is 0 Å². The second-order valence-electron chi connectivity index (χ2n) is 6.39. The Labute approximate surface area is 155 Å². The number of hydrogen-bond acceptors (Lipinski definition) is 5. The van der Waals surface area contributed by atoms with E-state index >= 15 is 0 Å². The van der Waals surface area contributed by atoms with Crippen molar-refractivity contribution in [3.8, 4) is 0 Å². The van der Waals surface area contributed by atoms with Crippen molar-refractivity contribution in [3.63, 3.8) is 0 Å². The number of hydrogen-bond donors (Lipinski definition) is 0. The van der Waals surface area contributed by atoms with Gasteiger partial charge >= 0.3 is 0 Å². The number of fused-ring (bicyclic) bond motifs is 2. The molecule has 0 fully saturated rings. The summed E-state index contributed by atoms with van der Waals surface area (Å²) in [5, 5.41) is 0. The molecular weight excluding hydrogens is 348 g/mol. The van der Waals surface area contributed by atoms with Crippen molar-refractivity contribution in [1.29, 1.82) is 0 Å². The third-order valence-corrected chi connectivity index (χ3v) is 4.77. The Bertz CT molecular complexity index is 850. The van der Waals surface area contributed by atoms with E-state index in [1.807, 2.05) is 0 Å². The number of ether oxygens (including phenoxy) is 1. The first-order chi connectivity index (χ1) is 12.9. The predicted molar refractivity (Wildman–Crippen MR) is 93.9 cm³/mol. The molecule has 0 saturated carbocycles. The first kappa shape index (κ1) is 17.1. The molecule has 2 aromatic rings. The molecule has 0 aliphatic carbocycles. The summed E-state index contributed by atoms with van der Waals surface area (Å²) in [7, 11) is 0. The smallest absolute Gasteiger partial charge is 0.263 e. The van der Waals surface area contributed by atoms with Gasteiger partial charge in [0.05, 0.1) is 22.3 Å². The monoisotopic (exact) mass is 364 g/mol. The fraction of sp³-hybridized carbons (Fsp3) is 0.200. The summed E-state index contributed by atoms with van der Waals surface area (Å²) in [5.41, 5.74) is 1.25. The van der Waals surface area contributed by atoms with Gasteiger partial charge in [0.25, 0.3) is 23.6 Å². The maximum absolute atomic E-state index is 12.5. The molecule has 2 heterocycles. The summed E-state index contributed by atoms with van der Waals surface area (Å²) < 4.78 is 5.73. The minimum atomic E-state index is -0.947. The van der Waals surface area contributed by atoms with E-state index in [0.29, 0.717) is 22.3 Å². The van der Waals surface area contributed by atoms with Crippen LogP contribution in [0.4, 0.5) is 0 Å². The van der Waals surface area contributed by atoms with Gasteiger partial charge in [-0.3, -0.25) is 19.2 Å². The SMILES string of the molecule is CC(OC(C)N1C(=O)c2ccccc2C1=O)N1C(=O)c2ccccc2C1=O. The number of benzene rings is 2. The van der Waals surface area contributed by atoms with E-state index < -0.39 is 36.1 Å². The summed E-state index contributed by atoms with van der Waals surface area (Å²) in [6.45, 7) is 3.08. The minimum absolute atomic E-state index is 0.311. The molecule has 2 unspecified atom stereocenters. The Morgan fingerprint density at radius 2 is 0.852 bits per heavy atom. The van der Waals surface area contributed by atoms with E-state index in [2.05, 4.69) is 0 Å². The molecule has 0 spiro atoms. The quantitative estimate of drug-likeness (QED) is 0.777. The molecule has 7 heteroatoms. The Kier molecular flexibility index (Phi) is 3.89. The van der Waals surface area contributed by atoms with Crippen LogP contribution in [0.3, 0.4) is 0 Å². The van der Waals surface area contributed by atoms with Gasteiger partial charge in [0.2, 0.25) is 0 Å². The zero-order valence-corrected chi connectivity index (χ0v) is 14.7. The van der Waals surface area contributed by atoms with Crippen molar-refractivity contribution in [3.05, 3.63) is 70.8 Å². The molecule has 2 aliphatic heterocycles. The Morgan fingerprint density at radius 3 is 1.11 bits per heavy atom. The number of carbonyl (C=O) groups is 4. The maximum Gasteiger partial charge on any atom is 0.263 e. The molecule has 2 aliphatic rings. The van der Waals surface area contributed by atoms with Crippen LogP contribution in [0.5, 0.6) is 0 Å². The first-order valence-electron chi connectivity index (χ1n) is 8.51. The van der Waals surface area contributed by atoms with Crippen LogP contribution in [0.2, 0.25) is 0 Å². The zero-order chi connectivity index (χ0) is 19.3. The average molecular weight is 364 g/mol. The molecule has 27 heavy (non-hydrogen) atoms. The van der Waals surface area contributed by atoms with Crippen LogP contribution in [0, 0.1) is 0 Å². The summed E-state index contributed by atoms with van der Waals surface area (Å²) in [5.74, 6) is -1.84. The van der Waals surface area contributed by atoms with Crippen molar-refractivity contribution in [2.24, 2.45) is 0 Å². The van der Waals surface area contributed by atoms with Gasteiger partial charge in [-0.05, 0) is 38.1 Å². The highest BCUT2D eigenvalue weighted by atomic mass is 16.5. The highest BCUT2D eigenvalue weighted by molar-refractivity contribution is 6.22. The third-order valence-electron chi connectivity index (χ3n) is 4.77. The van der Waals surface area contributed by atoms with E-state index in [1.54, 1.807) is 48.5 Å². The van der Waals surface area contributed by atoms with Gasteiger partial charge in [-0.15, -0.1) is 0 Å². The number of amides is 4. The molecule has 4 rings (SSSR count). The number of imide groups is 2. The van der Waals surface area contributed by atoms with E-state index in [0.717, 1.165) is 9.80 Å². The molecule has 0 bridgehead atoms. The number of carbonyl (C=O) groups excluding carboxylic acids is 4. The highest BCUT2D eigenvalue weighted by Gasteiger charge is 2.42. The molecule has 0 N–H and O–H groups in total. The molecule has 136 valence electrons. The number of nitrogens with zero attached hydrogens (tertiary/aromatic N) is 2. The first-order valence-corrected chi connectivity index (χ1v) is 8.51. The summed E-state index contributed by atoms with van der Waals surface area (Å²) in [6.07, 6.45) is -1.89. The second kappa shape index (κ2) is 6.14. The van der Waals surface area contributed by atoms with Crippen LogP contribution in [0.25, 0.3) is 0 Å². The van der Waals surface area contributed by atoms with Crippen LogP contribution in [-0.4, -0.2) is 45.9 Å². The molecule has 7 nitrogen and oxygen atoms in total. The average Bonchev–Trinajstić information content (AvgIpc) is 3.07. The molecule has 2 atom stereocenters. The van der Waals surface area contributed by atoms with E-state index in [9.17, 15) is 19.2 Å². The highest BCUT2D eigenvalue weighted by Crippen LogP contribution is 2.28. The molecule has 0 aromatic heterocycles. The lowest BCUT2D eigenvalue weighted by atomic mass is 10.1. The maximum atomic E-state index is 12.5. The minimum Gasteiger partial charge on any atom is -0.335 e. The molecule has 4 amide bonds. The Morgan fingerprint density at radius 1 is 0.593 bits per heavy atom. The zero-order valence-electron chi connectivity index (χ0n) is 14.7. The second-order valence-corrected chi connectivity index (χ2v) is 6.39. The Balaban J connectivity index is 1.54. The van der Waals surface area contributed by atoms with Crippen molar-refractivity contribution >= 4 is 23.6 Å². The summed E-state index contributed by atoms with van der Waals surface area (Å²) in [4.78, 5) is 52.1. The third kappa shape index (κ3) is 2.47. The fourth-order valence-electron chi connectivity index (χ4n) is 3.48. The summed E-state index contributed by atoms with van der Waals surface area (Å²) in [6, 6.07) is 13.0. The summed E-state index contributed by atoms with van der Waals surface area (Å²) >= 11 is 0. The van der Waals surface area contributed by atoms with Crippen LogP contribution in [0.15, 0.2) is 48.5 Å². The number of rotatable bonds is 4. The lowest BCUT2D eigenvalue weighted by molar-refractivity contribution is -0.0950. The van der Waals surface area contributed by atoms with Crippen molar-refractivity contribution in [1.82, 2.24) is 9.80 Å². The molecular formula is C20H16N2O5. The van der Waals surface area contributed by atoms with Gasteiger partial charge in [-0.1, -0.05) is 24.3 Å². The van der Waals surface area contributed by atoms with E-state index in [1.165, 1.54) is 13.8 Å². The lowest BCUT2D eigenvalue weighted by Crippen LogP contribution is -2.47. The Hall–Kier alpha value is -3.32. The van der Waals surface area contributed by atoms with Crippen molar-refractivity contribution in [2.45, 2.75) is 26.3 Å². The van der Waals surface area contributed by atoms with Crippen molar-refractivity contribution < 1.29 is 23.9 Å².